The van der Waals surface area contributed by atoms with Gasteiger partial charge in [0.25, 0.3) is 5.69 Å². The number of benzene rings is 2. The molecule has 0 unspecified atom stereocenters. The van der Waals surface area contributed by atoms with E-state index in [9.17, 15) is 20.2 Å². The summed E-state index contributed by atoms with van der Waals surface area (Å²) in [6, 6.07) is 13.0. The van der Waals surface area contributed by atoms with Crippen molar-refractivity contribution >= 4 is 40.1 Å². The highest BCUT2D eigenvalue weighted by molar-refractivity contribution is 6.32. The molecular formula is C19H12ClN3O3. The summed E-state index contributed by atoms with van der Waals surface area (Å²) in [5, 5.41) is 21.3. The van der Waals surface area contributed by atoms with Crippen molar-refractivity contribution in [3.05, 3.63) is 80.0 Å². The minimum atomic E-state index is -0.564. The van der Waals surface area contributed by atoms with Crippen LogP contribution in [0.15, 0.2) is 48.0 Å². The van der Waals surface area contributed by atoms with E-state index in [1.54, 1.807) is 19.1 Å². The van der Waals surface area contributed by atoms with Gasteiger partial charge in [0.15, 0.2) is 0 Å². The standard InChI is InChI=1S/C19H12ClN3O3/c1-11-18(15-4-2-3-5-17(15)22-11)19(24)13(10-21)8-12-9-14(23(25)26)6-7-16(12)20/h2-9,22H,1H3. The third-order valence-corrected chi connectivity index (χ3v) is 4.32. The number of non-ortho nitro benzene ring substituents is 1. The van der Waals surface area contributed by atoms with Crippen LogP contribution in [0, 0.1) is 28.4 Å². The summed E-state index contributed by atoms with van der Waals surface area (Å²) in [6.07, 6.45) is 1.28. The van der Waals surface area contributed by atoms with Crippen molar-refractivity contribution in [3.63, 3.8) is 0 Å². The molecule has 0 radical (unpaired) electrons. The number of Topliss-reactive ketones (excluding diaryl/α,β-unsaturated/α-hetero) is 1. The quantitative estimate of drug-likeness (QED) is 0.235. The number of aromatic nitrogens is 1. The number of nitro benzene ring substituents is 1. The number of nitro groups is 1. The molecule has 1 N–H and O–H groups in total. The molecule has 26 heavy (non-hydrogen) atoms. The molecular weight excluding hydrogens is 354 g/mol. The van der Waals surface area contributed by atoms with E-state index in [1.807, 2.05) is 18.2 Å². The van der Waals surface area contributed by atoms with Gasteiger partial charge in [0.2, 0.25) is 5.78 Å². The summed E-state index contributed by atoms with van der Waals surface area (Å²) in [7, 11) is 0. The minimum Gasteiger partial charge on any atom is -0.358 e. The van der Waals surface area contributed by atoms with Gasteiger partial charge in [-0.2, -0.15) is 5.26 Å². The van der Waals surface area contributed by atoms with Crippen molar-refractivity contribution in [3.8, 4) is 6.07 Å². The molecule has 1 aromatic heterocycles. The number of aryl methyl sites for hydroxylation is 1. The summed E-state index contributed by atoms with van der Waals surface area (Å²) < 4.78 is 0. The molecule has 7 heteroatoms. The monoisotopic (exact) mass is 365 g/mol. The molecule has 0 saturated heterocycles. The molecule has 0 aliphatic carbocycles. The second-order valence-corrected chi connectivity index (χ2v) is 6.04. The lowest BCUT2D eigenvalue weighted by molar-refractivity contribution is -0.384. The van der Waals surface area contributed by atoms with Gasteiger partial charge in [-0.15, -0.1) is 0 Å². The molecule has 0 atom stereocenters. The maximum atomic E-state index is 12.9. The number of halogens is 1. The highest BCUT2D eigenvalue weighted by Gasteiger charge is 2.20. The molecule has 0 spiro atoms. The largest absolute Gasteiger partial charge is 0.358 e. The van der Waals surface area contributed by atoms with Gasteiger partial charge in [0.1, 0.15) is 11.6 Å². The molecule has 6 nitrogen and oxygen atoms in total. The molecule has 3 aromatic rings. The Bertz CT molecular complexity index is 1120. The van der Waals surface area contributed by atoms with Gasteiger partial charge in [-0.25, -0.2) is 0 Å². The number of fused-ring (bicyclic) bond motifs is 1. The van der Waals surface area contributed by atoms with Crippen LogP contribution in [0.5, 0.6) is 0 Å². The number of carbonyl (C=O) groups is 1. The van der Waals surface area contributed by atoms with E-state index < -0.39 is 10.7 Å². The Hall–Kier alpha value is -3.43. The predicted molar refractivity (Wildman–Crippen MR) is 99.1 cm³/mol. The van der Waals surface area contributed by atoms with Crippen LogP contribution in [0.25, 0.3) is 17.0 Å². The Balaban J connectivity index is 2.12. The molecule has 2 aromatic carbocycles. The first-order valence-corrected chi connectivity index (χ1v) is 7.98. The second kappa shape index (κ2) is 6.82. The topological polar surface area (TPSA) is 99.8 Å². The maximum Gasteiger partial charge on any atom is 0.270 e. The van der Waals surface area contributed by atoms with Gasteiger partial charge in [-0.05, 0) is 25.1 Å². The Morgan fingerprint density at radius 2 is 2.04 bits per heavy atom. The van der Waals surface area contributed by atoms with Crippen LogP contribution in [0.2, 0.25) is 5.02 Å². The van der Waals surface area contributed by atoms with E-state index in [-0.39, 0.29) is 21.8 Å². The average molecular weight is 366 g/mol. The predicted octanol–water partition coefficient (Wildman–Crippen LogP) is 4.83. The number of nitrogens with one attached hydrogen (secondary N) is 1. The van der Waals surface area contributed by atoms with E-state index in [2.05, 4.69) is 4.98 Å². The van der Waals surface area contributed by atoms with Gasteiger partial charge < -0.3 is 4.98 Å². The van der Waals surface area contributed by atoms with E-state index in [0.29, 0.717) is 16.6 Å². The summed E-state index contributed by atoms with van der Waals surface area (Å²) in [6.45, 7) is 1.75. The lowest BCUT2D eigenvalue weighted by Gasteiger charge is -2.02. The number of allylic oxidation sites excluding steroid dienone is 1. The van der Waals surface area contributed by atoms with Crippen molar-refractivity contribution in [1.29, 1.82) is 5.26 Å². The minimum absolute atomic E-state index is 0.153. The van der Waals surface area contributed by atoms with Gasteiger partial charge in [0, 0.05) is 39.3 Å². The first-order valence-electron chi connectivity index (χ1n) is 7.60. The van der Waals surface area contributed by atoms with E-state index >= 15 is 0 Å². The zero-order valence-corrected chi connectivity index (χ0v) is 14.4. The van der Waals surface area contributed by atoms with E-state index in [1.165, 1.54) is 24.3 Å². The number of para-hydroxylation sites is 1. The molecule has 0 aliphatic heterocycles. The Morgan fingerprint density at radius 3 is 2.73 bits per heavy atom. The number of hydrogen-bond acceptors (Lipinski definition) is 4. The third kappa shape index (κ3) is 3.08. The highest BCUT2D eigenvalue weighted by atomic mass is 35.5. The average Bonchev–Trinajstić information content (AvgIpc) is 2.95. The van der Waals surface area contributed by atoms with Gasteiger partial charge >= 0.3 is 0 Å². The molecule has 0 saturated carbocycles. The Kier molecular flexibility index (Phi) is 4.57. The van der Waals surface area contributed by atoms with Crippen LogP contribution < -0.4 is 0 Å². The molecule has 128 valence electrons. The smallest absolute Gasteiger partial charge is 0.270 e. The van der Waals surface area contributed by atoms with Crippen LogP contribution in [-0.2, 0) is 0 Å². The number of hydrogen-bond donors (Lipinski definition) is 1. The van der Waals surface area contributed by atoms with Crippen molar-refractivity contribution in [2.45, 2.75) is 6.92 Å². The molecule has 0 bridgehead atoms. The van der Waals surface area contributed by atoms with Crippen LogP contribution >= 0.6 is 11.6 Å². The van der Waals surface area contributed by atoms with Crippen LogP contribution in [0.3, 0.4) is 0 Å². The number of nitrogens with zero attached hydrogens (tertiary/aromatic N) is 2. The van der Waals surface area contributed by atoms with E-state index in [0.717, 1.165) is 5.52 Å². The first kappa shape index (κ1) is 17.4. The van der Waals surface area contributed by atoms with Gasteiger partial charge in [-0.1, -0.05) is 29.8 Å². The normalized spacial score (nSPS) is 11.3. The molecule has 3 rings (SSSR count). The fourth-order valence-corrected chi connectivity index (χ4v) is 2.94. The summed E-state index contributed by atoms with van der Waals surface area (Å²) in [4.78, 5) is 26.4. The van der Waals surface area contributed by atoms with Crippen molar-refractivity contribution in [2.24, 2.45) is 0 Å². The SMILES string of the molecule is Cc1[nH]c2ccccc2c1C(=O)C(C#N)=Cc1cc([N+](=O)[O-])ccc1Cl. The molecule has 0 fully saturated rings. The van der Waals surface area contributed by atoms with Crippen molar-refractivity contribution < 1.29 is 9.72 Å². The van der Waals surface area contributed by atoms with Crippen LogP contribution in [0.4, 0.5) is 5.69 Å². The molecule has 0 amide bonds. The zero-order chi connectivity index (χ0) is 18.8. The van der Waals surface area contributed by atoms with Crippen molar-refractivity contribution in [1.82, 2.24) is 4.98 Å². The van der Waals surface area contributed by atoms with Gasteiger partial charge in [0.05, 0.1) is 10.5 Å². The fourth-order valence-electron chi connectivity index (χ4n) is 2.76. The van der Waals surface area contributed by atoms with Gasteiger partial charge in [-0.3, -0.25) is 14.9 Å². The third-order valence-electron chi connectivity index (χ3n) is 3.98. The number of aromatic amines is 1. The number of carbonyl (C=O) groups excluding carboxylic acids is 1. The first-order chi connectivity index (χ1) is 12.4. The number of nitriles is 1. The zero-order valence-electron chi connectivity index (χ0n) is 13.6. The summed E-state index contributed by atoms with van der Waals surface area (Å²) in [5.74, 6) is -0.468. The lowest BCUT2D eigenvalue weighted by atomic mass is 9.99. The number of ketones is 1. The fraction of sp³-hybridized carbons (Fsp3) is 0.0526. The molecule has 0 aliphatic rings. The van der Waals surface area contributed by atoms with Crippen molar-refractivity contribution in [2.75, 3.05) is 0 Å². The Labute approximate surface area is 153 Å². The summed E-state index contributed by atoms with van der Waals surface area (Å²) >= 11 is 6.06. The van der Waals surface area contributed by atoms with Crippen LogP contribution in [-0.4, -0.2) is 15.7 Å². The van der Waals surface area contributed by atoms with E-state index in [4.69, 9.17) is 11.6 Å². The lowest BCUT2D eigenvalue weighted by Crippen LogP contribution is -2.03. The second-order valence-electron chi connectivity index (χ2n) is 5.63. The summed E-state index contributed by atoms with van der Waals surface area (Å²) in [5.41, 5.74) is 1.74. The Morgan fingerprint density at radius 1 is 1.31 bits per heavy atom. The number of rotatable bonds is 4. The molecule has 1 heterocycles. The maximum absolute atomic E-state index is 12.9. The number of H-pyrrole nitrogens is 1. The highest BCUT2D eigenvalue weighted by Crippen LogP contribution is 2.28. The van der Waals surface area contributed by atoms with Crippen LogP contribution in [0.1, 0.15) is 21.6 Å².